The fraction of sp³-hybridized carbons (Fsp3) is 0.900. The first-order chi connectivity index (χ1) is 5.58. The van der Waals surface area contributed by atoms with E-state index in [9.17, 15) is 4.79 Å². The number of carbonyl (C=O) groups excluding carboxylic acids is 1. The van der Waals surface area contributed by atoms with Gasteiger partial charge >= 0.3 is 0 Å². The number of hydrogen-bond donors (Lipinski definition) is 0. The van der Waals surface area contributed by atoms with E-state index in [1.807, 2.05) is 0 Å². The van der Waals surface area contributed by atoms with Crippen LogP contribution in [-0.4, -0.2) is 5.24 Å². The molecule has 0 bridgehead atoms. The maximum atomic E-state index is 10.7. The molecule has 0 aliphatic heterocycles. The minimum atomic E-state index is -0.165. The SMILES string of the molecule is CC1CC(C)CC(CC(=O)Cl)C1. The van der Waals surface area contributed by atoms with E-state index in [-0.39, 0.29) is 5.24 Å². The number of hydrogen-bond acceptors (Lipinski definition) is 1. The molecule has 0 spiro atoms. The molecule has 1 rings (SSSR count). The molecule has 1 aliphatic rings. The summed E-state index contributed by atoms with van der Waals surface area (Å²) < 4.78 is 0. The summed E-state index contributed by atoms with van der Waals surface area (Å²) in [6.45, 7) is 4.53. The van der Waals surface area contributed by atoms with Crippen molar-refractivity contribution in [3.8, 4) is 0 Å². The molecule has 0 amide bonds. The van der Waals surface area contributed by atoms with Gasteiger partial charge in [0, 0.05) is 6.42 Å². The van der Waals surface area contributed by atoms with Crippen LogP contribution in [0.3, 0.4) is 0 Å². The fourth-order valence-corrected chi connectivity index (χ4v) is 2.73. The normalized spacial score (nSPS) is 36.4. The molecule has 0 aromatic carbocycles. The molecule has 0 aromatic rings. The summed E-state index contributed by atoms with van der Waals surface area (Å²) in [5, 5.41) is -0.165. The Morgan fingerprint density at radius 1 is 1.25 bits per heavy atom. The molecular weight excluding hydrogens is 172 g/mol. The van der Waals surface area contributed by atoms with Gasteiger partial charge in [0.05, 0.1) is 0 Å². The van der Waals surface area contributed by atoms with E-state index in [0.29, 0.717) is 12.3 Å². The van der Waals surface area contributed by atoms with E-state index in [2.05, 4.69) is 13.8 Å². The van der Waals surface area contributed by atoms with Crippen LogP contribution in [0.4, 0.5) is 0 Å². The van der Waals surface area contributed by atoms with Crippen LogP contribution in [0, 0.1) is 17.8 Å². The Kier molecular flexibility index (Phi) is 3.57. The van der Waals surface area contributed by atoms with Gasteiger partial charge < -0.3 is 0 Å². The molecule has 1 fully saturated rings. The monoisotopic (exact) mass is 188 g/mol. The summed E-state index contributed by atoms with van der Waals surface area (Å²) in [4.78, 5) is 10.7. The van der Waals surface area contributed by atoms with Crippen LogP contribution in [0.1, 0.15) is 39.5 Å². The van der Waals surface area contributed by atoms with Gasteiger partial charge in [-0.2, -0.15) is 0 Å². The molecule has 0 N–H and O–H groups in total. The zero-order valence-electron chi connectivity index (χ0n) is 7.85. The Morgan fingerprint density at radius 2 is 1.75 bits per heavy atom. The lowest BCUT2D eigenvalue weighted by Gasteiger charge is -2.30. The highest BCUT2D eigenvalue weighted by molar-refractivity contribution is 6.63. The lowest BCUT2D eigenvalue weighted by molar-refractivity contribution is -0.112. The molecule has 1 saturated carbocycles. The molecular formula is C10H17ClO. The van der Waals surface area contributed by atoms with E-state index >= 15 is 0 Å². The van der Waals surface area contributed by atoms with Gasteiger partial charge in [-0.05, 0) is 48.6 Å². The van der Waals surface area contributed by atoms with Crippen molar-refractivity contribution >= 4 is 16.8 Å². The van der Waals surface area contributed by atoms with Crippen molar-refractivity contribution < 1.29 is 4.79 Å². The van der Waals surface area contributed by atoms with Gasteiger partial charge in [-0.15, -0.1) is 0 Å². The minimum Gasteiger partial charge on any atom is -0.281 e. The van der Waals surface area contributed by atoms with E-state index in [1.54, 1.807) is 0 Å². The molecule has 0 heterocycles. The predicted molar refractivity (Wildman–Crippen MR) is 51.1 cm³/mol. The maximum Gasteiger partial charge on any atom is 0.221 e. The van der Waals surface area contributed by atoms with Crippen LogP contribution in [0.15, 0.2) is 0 Å². The first kappa shape index (κ1) is 10.0. The highest BCUT2D eigenvalue weighted by Crippen LogP contribution is 2.34. The number of rotatable bonds is 2. The van der Waals surface area contributed by atoms with Crippen molar-refractivity contribution in [2.45, 2.75) is 39.5 Å². The average Bonchev–Trinajstić information content (AvgIpc) is 1.81. The lowest BCUT2D eigenvalue weighted by Crippen LogP contribution is -2.20. The van der Waals surface area contributed by atoms with Gasteiger partial charge in [-0.3, -0.25) is 4.79 Å². The molecule has 12 heavy (non-hydrogen) atoms. The van der Waals surface area contributed by atoms with Gasteiger partial charge in [-0.25, -0.2) is 0 Å². The Morgan fingerprint density at radius 3 is 2.17 bits per heavy atom. The standard InChI is InChI=1S/C10H17ClO/c1-7-3-8(2)5-9(4-7)6-10(11)12/h7-9H,3-6H2,1-2H3. The van der Waals surface area contributed by atoms with Gasteiger partial charge in [-0.1, -0.05) is 13.8 Å². The molecule has 70 valence electrons. The molecule has 2 unspecified atom stereocenters. The molecule has 2 atom stereocenters. The topological polar surface area (TPSA) is 17.1 Å². The molecule has 1 nitrogen and oxygen atoms in total. The molecule has 1 aliphatic carbocycles. The maximum absolute atomic E-state index is 10.7. The fourth-order valence-electron chi connectivity index (χ4n) is 2.51. The molecule has 2 heteroatoms. The summed E-state index contributed by atoms with van der Waals surface area (Å²) in [6.07, 6.45) is 4.26. The number of halogens is 1. The van der Waals surface area contributed by atoms with Gasteiger partial charge in [0.25, 0.3) is 0 Å². The average molecular weight is 189 g/mol. The van der Waals surface area contributed by atoms with Crippen molar-refractivity contribution in [2.24, 2.45) is 17.8 Å². The molecule has 0 saturated heterocycles. The van der Waals surface area contributed by atoms with Crippen LogP contribution in [0.5, 0.6) is 0 Å². The predicted octanol–water partition coefficient (Wildman–Crippen LogP) is 3.21. The highest BCUT2D eigenvalue weighted by atomic mass is 35.5. The summed E-state index contributed by atoms with van der Waals surface area (Å²) in [5.74, 6) is 2.10. The van der Waals surface area contributed by atoms with Crippen LogP contribution >= 0.6 is 11.6 Å². The van der Waals surface area contributed by atoms with Crippen molar-refractivity contribution in [2.75, 3.05) is 0 Å². The summed E-state index contributed by atoms with van der Waals surface area (Å²) in [6, 6.07) is 0. The largest absolute Gasteiger partial charge is 0.281 e. The highest BCUT2D eigenvalue weighted by Gasteiger charge is 2.24. The Hall–Kier alpha value is -0.0400. The first-order valence-corrected chi connectivity index (χ1v) is 5.14. The van der Waals surface area contributed by atoms with E-state index in [1.165, 1.54) is 19.3 Å². The lowest BCUT2D eigenvalue weighted by atomic mass is 9.76. The van der Waals surface area contributed by atoms with E-state index < -0.39 is 0 Å². The van der Waals surface area contributed by atoms with Crippen LogP contribution in [0.2, 0.25) is 0 Å². The van der Waals surface area contributed by atoms with Crippen LogP contribution < -0.4 is 0 Å². The summed E-state index contributed by atoms with van der Waals surface area (Å²) in [5.41, 5.74) is 0. The Balaban J connectivity index is 2.38. The Bertz CT molecular complexity index is 157. The third-order valence-corrected chi connectivity index (χ3v) is 2.88. The molecule has 0 aromatic heterocycles. The second-order valence-electron chi connectivity index (χ2n) is 4.34. The van der Waals surface area contributed by atoms with Crippen LogP contribution in [-0.2, 0) is 4.79 Å². The van der Waals surface area contributed by atoms with Gasteiger partial charge in [0.2, 0.25) is 5.24 Å². The van der Waals surface area contributed by atoms with Gasteiger partial charge in [0.1, 0.15) is 0 Å². The summed E-state index contributed by atoms with van der Waals surface area (Å²) >= 11 is 5.37. The number of carbonyl (C=O) groups is 1. The van der Waals surface area contributed by atoms with Crippen LogP contribution in [0.25, 0.3) is 0 Å². The second kappa shape index (κ2) is 4.27. The quantitative estimate of drug-likeness (QED) is 0.609. The second-order valence-corrected chi connectivity index (χ2v) is 4.76. The summed E-state index contributed by atoms with van der Waals surface area (Å²) in [7, 11) is 0. The van der Waals surface area contributed by atoms with Crippen molar-refractivity contribution in [3.63, 3.8) is 0 Å². The molecule has 0 radical (unpaired) electrons. The Labute approximate surface area is 79.5 Å². The zero-order chi connectivity index (χ0) is 9.14. The third kappa shape index (κ3) is 3.14. The van der Waals surface area contributed by atoms with Gasteiger partial charge in [0.15, 0.2) is 0 Å². The van der Waals surface area contributed by atoms with E-state index in [4.69, 9.17) is 11.6 Å². The smallest absolute Gasteiger partial charge is 0.221 e. The van der Waals surface area contributed by atoms with E-state index in [0.717, 1.165) is 11.8 Å². The first-order valence-electron chi connectivity index (χ1n) is 4.76. The minimum absolute atomic E-state index is 0.165. The van der Waals surface area contributed by atoms with Crippen molar-refractivity contribution in [1.82, 2.24) is 0 Å². The van der Waals surface area contributed by atoms with Crippen molar-refractivity contribution in [1.29, 1.82) is 0 Å². The third-order valence-electron chi connectivity index (χ3n) is 2.73. The van der Waals surface area contributed by atoms with Crippen molar-refractivity contribution in [3.05, 3.63) is 0 Å². The zero-order valence-corrected chi connectivity index (χ0v) is 8.60.